The van der Waals surface area contributed by atoms with E-state index >= 15 is 0 Å². The topological polar surface area (TPSA) is 68.3 Å². The molecule has 0 bridgehead atoms. The SMILES string of the molecule is Cn1nnc2c(C3SC=CN3C(C)(C)C)ncn2c1=O. The molecule has 0 spiro atoms. The van der Waals surface area contributed by atoms with Crippen molar-refractivity contribution in [2.24, 2.45) is 7.05 Å². The number of rotatable bonds is 1. The Hall–Kier alpha value is -1.83. The van der Waals surface area contributed by atoms with Crippen molar-refractivity contribution >= 4 is 17.4 Å². The number of aryl methyl sites for hydroxylation is 1. The molecule has 0 saturated heterocycles. The molecule has 0 radical (unpaired) electrons. The predicted octanol–water partition coefficient (Wildman–Crippen LogP) is 1.14. The fraction of sp³-hybridized carbons (Fsp3) is 0.500. The molecule has 2 aromatic heterocycles. The minimum atomic E-state index is -0.244. The smallest absolute Gasteiger partial charge is 0.352 e. The van der Waals surface area contributed by atoms with Crippen LogP contribution in [0.25, 0.3) is 5.65 Å². The highest BCUT2D eigenvalue weighted by molar-refractivity contribution is 8.02. The summed E-state index contributed by atoms with van der Waals surface area (Å²) < 4.78 is 2.63. The summed E-state index contributed by atoms with van der Waals surface area (Å²) in [5.74, 6) is 0. The quantitative estimate of drug-likeness (QED) is 0.785. The molecule has 0 amide bonds. The molecule has 7 nitrogen and oxygen atoms in total. The van der Waals surface area contributed by atoms with Crippen molar-refractivity contribution in [3.63, 3.8) is 0 Å². The Morgan fingerprint density at radius 1 is 1.35 bits per heavy atom. The van der Waals surface area contributed by atoms with E-state index in [1.54, 1.807) is 18.8 Å². The maximum atomic E-state index is 12.0. The van der Waals surface area contributed by atoms with Gasteiger partial charge in [-0.3, -0.25) is 0 Å². The Morgan fingerprint density at radius 3 is 2.80 bits per heavy atom. The van der Waals surface area contributed by atoms with Gasteiger partial charge in [-0.25, -0.2) is 14.2 Å². The van der Waals surface area contributed by atoms with Crippen LogP contribution in [-0.4, -0.2) is 34.8 Å². The second-order valence-electron chi connectivity index (χ2n) is 5.67. The zero-order valence-electron chi connectivity index (χ0n) is 11.8. The fourth-order valence-corrected chi connectivity index (χ4v) is 3.33. The zero-order chi connectivity index (χ0) is 14.5. The molecule has 0 saturated carbocycles. The van der Waals surface area contributed by atoms with Gasteiger partial charge in [-0.15, -0.1) is 16.9 Å². The van der Waals surface area contributed by atoms with E-state index in [1.807, 2.05) is 5.41 Å². The first kappa shape index (κ1) is 13.2. The van der Waals surface area contributed by atoms with Gasteiger partial charge in [0.15, 0.2) is 5.65 Å². The predicted molar refractivity (Wildman–Crippen MR) is 77.1 cm³/mol. The molecular weight excluding hydrogens is 276 g/mol. The van der Waals surface area contributed by atoms with Gasteiger partial charge in [0.25, 0.3) is 0 Å². The lowest BCUT2D eigenvalue weighted by atomic mass is 10.1. The second kappa shape index (κ2) is 4.34. The van der Waals surface area contributed by atoms with Crippen LogP contribution in [-0.2, 0) is 7.05 Å². The van der Waals surface area contributed by atoms with Crippen LogP contribution in [0.3, 0.4) is 0 Å². The van der Waals surface area contributed by atoms with Crippen molar-refractivity contribution in [1.29, 1.82) is 0 Å². The van der Waals surface area contributed by atoms with E-state index in [2.05, 4.69) is 47.2 Å². The molecule has 106 valence electrons. The second-order valence-corrected chi connectivity index (χ2v) is 6.66. The lowest BCUT2D eigenvalue weighted by Crippen LogP contribution is -2.37. The van der Waals surface area contributed by atoms with Crippen molar-refractivity contribution in [3.05, 3.63) is 34.1 Å². The Morgan fingerprint density at radius 2 is 2.10 bits per heavy atom. The molecule has 0 aliphatic carbocycles. The highest BCUT2D eigenvalue weighted by atomic mass is 32.2. The average Bonchev–Trinajstić information content (AvgIpc) is 2.98. The lowest BCUT2D eigenvalue weighted by molar-refractivity contribution is 0.195. The Labute approximate surface area is 120 Å². The van der Waals surface area contributed by atoms with Crippen LogP contribution in [0.15, 0.2) is 22.7 Å². The average molecular weight is 292 g/mol. The molecule has 1 unspecified atom stereocenters. The number of hydrogen-bond donors (Lipinski definition) is 0. The van der Waals surface area contributed by atoms with Crippen molar-refractivity contribution in [1.82, 2.24) is 29.3 Å². The third kappa shape index (κ3) is 1.91. The first-order chi connectivity index (χ1) is 9.39. The molecule has 1 aliphatic rings. The maximum Gasteiger partial charge on any atom is 0.352 e. The summed E-state index contributed by atoms with van der Waals surface area (Å²) in [5.41, 5.74) is 1.00. The third-order valence-electron chi connectivity index (χ3n) is 3.22. The number of hydrogen-bond acceptors (Lipinski definition) is 6. The molecular formula is C12H16N6OS. The number of imidazole rings is 1. The van der Waals surface area contributed by atoms with E-state index < -0.39 is 0 Å². The first-order valence-corrected chi connectivity index (χ1v) is 7.21. The van der Waals surface area contributed by atoms with E-state index in [0.717, 1.165) is 5.69 Å². The zero-order valence-corrected chi connectivity index (χ0v) is 12.6. The van der Waals surface area contributed by atoms with Crippen LogP contribution in [0, 0.1) is 0 Å². The van der Waals surface area contributed by atoms with Gasteiger partial charge in [0.1, 0.15) is 17.4 Å². The molecule has 3 heterocycles. The highest BCUT2D eigenvalue weighted by Gasteiger charge is 2.33. The van der Waals surface area contributed by atoms with Gasteiger partial charge >= 0.3 is 5.69 Å². The van der Waals surface area contributed by atoms with Crippen LogP contribution < -0.4 is 5.69 Å². The summed E-state index contributed by atoms with van der Waals surface area (Å²) in [7, 11) is 1.57. The van der Waals surface area contributed by atoms with E-state index in [0.29, 0.717) is 5.65 Å². The monoisotopic (exact) mass is 292 g/mol. The summed E-state index contributed by atoms with van der Waals surface area (Å²) in [5, 5.41) is 10.0. The van der Waals surface area contributed by atoms with Gasteiger partial charge in [-0.1, -0.05) is 5.21 Å². The van der Waals surface area contributed by atoms with E-state index in [4.69, 9.17) is 0 Å². The van der Waals surface area contributed by atoms with Crippen molar-refractivity contribution < 1.29 is 0 Å². The maximum absolute atomic E-state index is 12.0. The summed E-state index contributed by atoms with van der Waals surface area (Å²) in [6, 6.07) is 0. The Bertz CT molecular complexity index is 740. The summed E-state index contributed by atoms with van der Waals surface area (Å²) >= 11 is 1.65. The van der Waals surface area contributed by atoms with Crippen LogP contribution >= 0.6 is 11.8 Å². The number of thioether (sulfide) groups is 1. The molecule has 3 rings (SSSR count). The van der Waals surface area contributed by atoms with Gasteiger partial charge in [0.2, 0.25) is 0 Å². The van der Waals surface area contributed by atoms with Gasteiger partial charge in [-0.2, -0.15) is 4.68 Å². The van der Waals surface area contributed by atoms with Gasteiger partial charge in [-0.05, 0) is 26.2 Å². The molecule has 2 aromatic rings. The molecule has 1 aliphatic heterocycles. The molecule has 20 heavy (non-hydrogen) atoms. The minimum Gasteiger partial charge on any atom is -0.355 e. The van der Waals surface area contributed by atoms with E-state index in [-0.39, 0.29) is 16.6 Å². The minimum absolute atomic E-state index is 0.0152. The van der Waals surface area contributed by atoms with Gasteiger partial charge < -0.3 is 4.90 Å². The number of nitrogens with zero attached hydrogens (tertiary/aromatic N) is 6. The van der Waals surface area contributed by atoms with Crippen molar-refractivity contribution in [2.45, 2.75) is 31.7 Å². The number of aromatic nitrogens is 5. The van der Waals surface area contributed by atoms with Crippen molar-refractivity contribution in [2.75, 3.05) is 0 Å². The van der Waals surface area contributed by atoms with Crippen LogP contribution in [0.4, 0.5) is 0 Å². The first-order valence-electron chi connectivity index (χ1n) is 6.27. The van der Waals surface area contributed by atoms with Crippen molar-refractivity contribution in [3.8, 4) is 0 Å². The lowest BCUT2D eigenvalue weighted by Gasteiger charge is -2.36. The van der Waals surface area contributed by atoms with Crippen LogP contribution in [0.5, 0.6) is 0 Å². The summed E-state index contributed by atoms with van der Waals surface area (Å²) in [6.07, 6.45) is 3.57. The molecule has 0 aromatic carbocycles. The van der Waals surface area contributed by atoms with Crippen LogP contribution in [0.2, 0.25) is 0 Å². The Kier molecular flexibility index (Phi) is 2.86. The standard InChI is InChI=1S/C12H16N6OS/c1-12(2,3)18-5-6-20-10(18)8-9-14-15-16(4)11(19)17(9)7-13-8/h5-7,10H,1-4H3. The molecule has 0 N–H and O–H groups in total. The third-order valence-corrected chi connectivity index (χ3v) is 4.20. The normalized spacial score (nSPS) is 19.2. The summed E-state index contributed by atoms with van der Waals surface area (Å²) in [6.45, 7) is 6.41. The molecule has 1 atom stereocenters. The van der Waals surface area contributed by atoms with E-state index in [9.17, 15) is 4.79 Å². The van der Waals surface area contributed by atoms with Crippen LogP contribution in [0.1, 0.15) is 31.8 Å². The highest BCUT2D eigenvalue weighted by Crippen LogP contribution is 2.42. The Balaban J connectivity index is 2.12. The van der Waals surface area contributed by atoms with E-state index in [1.165, 1.54) is 15.4 Å². The summed E-state index contributed by atoms with van der Waals surface area (Å²) in [4.78, 5) is 18.6. The largest absolute Gasteiger partial charge is 0.355 e. The number of fused-ring (bicyclic) bond motifs is 1. The fourth-order valence-electron chi connectivity index (χ4n) is 2.16. The molecule has 8 heteroatoms. The van der Waals surface area contributed by atoms with Gasteiger partial charge in [0.05, 0.1) is 0 Å². The molecule has 0 fully saturated rings. The van der Waals surface area contributed by atoms with Gasteiger partial charge in [0, 0.05) is 18.8 Å².